The Bertz CT molecular complexity index is 669. The van der Waals surface area contributed by atoms with E-state index >= 15 is 0 Å². The average Bonchev–Trinajstić information content (AvgIpc) is 2.66. The van der Waals surface area contributed by atoms with Crippen molar-refractivity contribution in [3.05, 3.63) is 0 Å². The summed E-state index contributed by atoms with van der Waals surface area (Å²) in [7, 11) is 0. The van der Waals surface area contributed by atoms with E-state index in [0.29, 0.717) is 0 Å². The van der Waals surface area contributed by atoms with Crippen molar-refractivity contribution in [1.82, 2.24) is 16.0 Å². The number of primary amides is 1. The van der Waals surface area contributed by atoms with Gasteiger partial charge in [-0.05, 0) is 19.8 Å². The first-order chi connectivity index (χ1) is 13.9. The minimum atomic E-state index is -1.44. The van der Waals surface area contributed by atoms with Crippen molar-refractivity contribution in [3.8, 4) is 0 Å². The molecule has 0 aromatic heterocycles. The summed E-state index contributed by atoms with van der Waals surface area (Å²) in [5, 5.41) is 33.2. The maximum absolute atomic E-state index is 12.6. The number of carbonyl (C=O) groups is 6. The number of carboxylic acid groups (broad SMARTS) is 2. The van der Waals surface area contributed by atoms with Crippen LogP contribution in [0.1, 0.15) is 32.6 Å². The van der Waals surface area contributed by atoms with Gasteiger partial charge < -0.3 is 42.7 Å². The summed E-state index contributed by atoms with van der Waals surface area (Å²) in [5.74, 6) is -6.20. The Morgan fingerprint density at radius 1 is 0.833 bits per heavy atom. The van der Waals surface area contributed by atoms with Crippen LogP contribution in [0.5, 0.6) is 0 Å². The van der Waals surface area contributed by atoms with E-state index in [1.807, 2.05) is 0 Å². The summed E-state index contributed by atoms with van der Waals surface area (Å²) in [6.45, 7) is 0.454. The zero-order valence-electron chi connectivity index (χ0n) is 16.3. The first kappa shape index (κ1) is 26.7. The van der Waals surface area contributed by atoms with Gasteiger partial charge in [0.1, 0.15) is 24.2 Å². The molecule has 30 heavy (non-hydrogen) atoms. The third kappa shape index (κ3) is 10.3. The number of hydrogen-bond acceptors (Lipinski definition) is 8. The molecule has 0 rings (SSSR count). The van der Waals surface area contributed by atoms with Gasteiger partial charge in [0.05, 0.1) is 6.61 Å². The van der Waals surface area contributed by atoms with Crippen LogP contribution in [0, 0.1) is 0 Å². The summed E-state index contributed by atoms with van der Waals surface area (Å²) in [5.41, 5.74) is 10.4. The fourth-order valence-corrected chi connectivity index (χ4v) is 2.10. The lowest BCUT2D eigenvalue weighted by molar-refractivity contribution is -0.142. The second-order valence-corrected chi connectivity index (χ2v) is 6.42. The number of nitrogens with two attached hydrogens (primary N) is 2. The zero-order chi connectivity index (χ0) is 23.4. The topological polar surface area (TPSA) is 251 Å². The molecule has 170 valence electrons. The summed E-state index contributed by atoms with van der Waals surface area (Å²) < 4.78 is 0. The molecule has 14 nitrogen and oxygen atoms in total. The van der Waals surface area contributed by atoms with Crippen molar-refractivity contribution < 1.29 is 44.1 Å². The van der Waals surface area contributed by atoms with Crippen molar-refractivity contribution in [2.75, 3.05) is 6.61 Å². The number of nitrogens with one attached hydrogen (secondary N) is 3. The van der Waals surface area contributed by atoms with Gasteiger partial charge in [-0.25, -0.2) is 0 Å². The maximum atomic E-state index is 12.6. The standard InChI is InChI=1S/C16H27N5O9/c1-7(16(29)30)19-14(27)10(3-5-12(24)25)21-15(28)9(2-4-11(18)23)20-13(26)8(17)6-22/h7-10,22H,2-6,17H2,1H3,(H2,18,23)(H,19,27)(H,20,26)(H,21,28)(H,24,25)(H,29,30). The van der Waals surface area contributed by atoms with Crippen molar-refractivity contribution in [2.24, 2.45) is 11.5 Å². The van der Waals surface area contributed by atoms with Crippen LogP contribution in [0.2, 0.25) is 0 Å². The molecule has 0 spiro atoms. The molecule has 4 atom stereocenters. The second-order valence-electron chi connectivity index (χ2n) is 6.42. The number of amides is 4. The smallest absolute Gasteiger partial charge is 0.325 e. The van der Waals surface area contributed by atoms with Gasteiger partial charge >= 0.3 is 11.9 Å². The Kier molecular flexibility index (Phi) is 11.6. The predicted molar refractivity (Wildman–Crippen MR) is 99.5 cm³/mol. The fraction of sp³-hybridized carbons (Fsp3) is 0.625. The highest BCUT2D eigenvalue weighted by Crippen LogP contribution is 2.04. The monoisotopic (exact) mass is 433 g/mol. The molecule has 0 bridgehead atoms. The second kappa shape index (κ2) is 13.1. The highest BCUT2D eigenvalue weighted by Gasteiger charge is 2.29. The summed E-state index contributed by atoms with van der Waals surface area (Å²) >= 11 is 0. The normalized spacial score (nSPS) is 14.5. The van der Waals surface area contributed by atoms with Crippen LogP contribution in [0.3, 0.4) is 0 Å². The highest BCUT2D eigenvalue weighted by atomic mass is 16.4. The Morgan fingerprint density at radius 2 is 1.30 bits per heavy atom. The highest BCUT2D eigenvalue weighted by molar-refractivity contribution is 5.94. The first-order valence-electron chi connectivity index (χ1n) is 8.89. The summed E-state index contributed by atoms with van der Waals surface area (Å²) in [4.78, 5) is 69.4. The number of rotatable bonds is 14. The molecule has 0 fully saturated rings. The Morgan fingerprint density at radius 3 is 1.73 bits per heavy atom. The van der Waals surface area contributed by atoms with Crippen LogP contribution >= 0.6 is 0 Å². The minimum absolute atomic E-state index is 0.260. The molecule has 0 aromatic carbocycles. The minimum Gasteiger partial charge on any atom is -0.481 e. The van der Waals surface area contributed by atoms with Gasteiger partial charge in [0, 0.05) is 12.8 Å². The number of carboxylic acids is 2. The third-order valence-corrected chi connectivity index (χ3v) is 3.85. The van der Waals surface area contributed by atoms with E-state index < -0.39 is 72.8 Å². The van der Waals surface area contributed by atoms with Crippen molar-refractivity contribution in [2.45, 2.75) is 56.8 Å². The molecular formula is C16H27N5O9. The van der Waals surface area contributed by atoms with E-state index in [4.69, 9.17) is 26.8 Å². The fourth-order valence-electron chi connectivity index (χ4n) is 2.10. The molecule has 0 aliphatic rings. The molecule has 0 radical (unpaired) electrons. The summed E-state index contributed by atoms with van der Waals surface area (Å²) in [6, 6.07) is -5.47. The predicted octanol–water partition coefficient (Wildman–Crippen LogP) is -4.00. The SMILES string of the molecule is CC(NC(=O)C(CCC(=O)O)NC(=O)C(CCC(N)=O)NC(=O)C(N)CO)C(=O)O. The number of aliphatic carboxylic acids is 2. The van der Waals surface area contributed by atoms with E-state index in [1.165, 1.54) is 6.92 Å². The zero-order valence-corrected chi connectivity index (χ0v) is 16.3. The molecule has 0 aliphatic heterocycles. The van der Waals surface area contributed by atoms with Crippen LogP contribution in [0.4, 0.5) is 0 Å². The van der Waals surface area contributed by atoms with Gasteiger partial charge in [0.25, 0.3) is 0 Å². The van der Waals surface area contributed by atoms with Crippen LogP contribution in [0.25, 0.3) is 0 Å². The molecular weight excluding hydrogens is 406 g/mol. The van der Waals surface area contributed by atoms with Gasteiger partial charge in [-0.1, -0.05) is 0 Å². The van der Waals surface area contributed by atoms with Crippen LogP contribution in [-0.4, -0.2) is 81.7 Å². The van der Waals surface area contributed by atoms with E-state index in [-0.39, 0.29) is 19.3 Å². The van der Waals surface area contributed by atoms with Crippen molar-refractivity contribution in [3.63, 3.8) is 0 Å². The lowest BCUT2D eigenvalue weighted by Gasteiger charge is -2.24. The molecule has 10 N–H and O–H groups in total. The largest absolute Gasteiger partial charge is 0.481 e. The average molecular weight is 433 g/mol. The number of carbonyl (C=O) groups excluding carboxylic acids is 4. The first-order valence-corrected chi connectivity index (χ1v) is 8.89. The lowest BCUT2D eigenvalue weighted by atomic mass is 10.1. The summed E-state index contributed by atoms with van der Waals surface area (Å²) in [6.07, 6.45) is -1.46. The van der Waals surface area contributed by atoms with Crippen LogP contribution in [-0.2, 0) is 28.8 Å². The molecule has 0 heterocycles. The lowest BCUT2D eigenvalue weighted by Crippen LogP contribution is -2.57. The molecule has 14 heteroatoms. The molecule has 4 amide bonds. The van der Waals surface area contributed by atoms with E-state index in [0.717, 1.165) is 0 Å². The van der Waals surface area contributed by atoms with Crippen LogP contribution < -0.4 is 27.4 Å². The van der Waals surface area contributed by atoms with Gasteiger partial charge in [0.15, 0.2) is 0 Å². The quantitative estimate of drug-likeness (QED) is 0.132. The Balaban J connectivity index is 5.41. The number of aliphatic hydroxyl groups is 1. The van der Waals surface area contributed by atoms with E-state index in [9.17, 15) is 28.8 Å². The van der Waals surface area contributed by atoms with Gasteiger partial charge in [-0.3, -0.25) is 28.8 Å². The molecule has 0 aliphatic carbocycles. The van der Waals surface area contributed by atoms with Crippen molar-refractivity contribution in [1.29, 1.82) is 0 Å². The molecule has 0 saturated carbocycles. The molecule has 0 aromatic rings. The van der Waals surface area contributed by atoms with Gasteiger partial charge in [-0.15, -0.1) is 0 Å². The third-order valence-electron chi connectivity index (χ3n) is 3.85. The van der Waals surface area contributed by atoms with Gasteiger partial charge in [0.2, 0.25) is 23.6 Å². The van der Waals surface area contributed by atoms with E-state index in [1.54, 1.807) is 0 Å². The Labute approximate surface area is 171 Å². The van der Waals surface area contributed by atoms with Crippen molar-refractivity contribution >= 4 is 35.6 Å². The maximum Gasteiger partial charge on any atom is 0.325 e. The molecule has 4 unspecified atom stereocenters. The number of hydrogen-bond donors (Lipinski definition) is 8. The number of aliphatic hydroxyl groups excluding tert-OH is 1. The Hall–Kier alpha value is -3.26. The molecule has 0 saturated heterocycles. The van der Waals surface area contributed by atoms with E-state index in [2.05, 4.69) is 16.0 Å². The van der Waals surface area contributed by atoms with Crippen LogP contribution in [0.15, 0.2) is 0 Å². The van der Waals surface area contributed by atoms with Gasteiger partial charge in [-0.2, -0.15) is 0 Å².